The highest BCUT2D eigenvalue weighted by Gasteiger charge is 2.24. The fraction of sp³-hybridized carbons (Fsp3) is 0.714. The molecule has 0 aliphatic heterocycles. The smallest absolute Gasteiger partial charge is 0.257 e. The van der Waals surface area contributed by atoms with Crippen LogP contribution in [0.1, 0.15) is 63.3 Å². The Hall–Kier alpha value is -1.32. The highest BCUT2D eigenvalue weighted by Crippen LogP contribution is 2.36. The van der Waals surface area contributed by atoms with Gasteiger partial charge in [-0.1, -0.05) is 33.1 Å². The number of aromatic nitrogens is 2. The summed E-state index contributed by atoms with van der Waals surface area (Å²) >= 11 is 0. The van der Waals surface area contributed by atoms with Crippen LogP contribution < -0.4 is 5.56 Å². The molecule has 2 unspecified atom stereocenters. The van der Waals surface area contributed by atoms with Gasteiger partial charge in [0.05, 0.1) is 5.56 Å². The van der Waals surface area contributed by atoms with Crippen LogP contribution in [0.2, 0.25) is 0 Å². The van der Waals surface area contributed by atoms with E-state index in [-0.39, 0.29) is 11.4 Å². The molecular weight excluding hydrogens is 228 g/mol. The topological polar surface area (TPSA) is 66.0 Å². The van der Waals surface area contributed by atoms with Gasteiger partial charge in [-0.2, -0.15) is 4.98 Å². The number of rotatable bonds is 3. The first-order chi connectivity index (χ1) is 8.65. The normalized spacial score (nSPS) is 24.1. The molecule has 1 aliphatic rings. The number of aromatic hydroxyl groups is 1. The molecule has 18 heavy (non-hydrogen) atoms. The SMILES string of the molecule is CCc1c(O)nc(C2CCCC(CC)C2)[nH]c1=O. The van der Waals surface area contributed by atoms with Gasteiger partial charge in [0.1, 0.15) is 5.82 Å². The van der Waals surface area contributed by atoms with E-state index in [2.05, 4.69) is 16.9 Å². The standard InChI is InChI=1S/C14H22N2O2/c1-3-9-6-5-7-10(8-9)12-15-13(17)11(4-2)14(18)16-12/h9-10H,3-8H2,1-2H3,(H2,15,16,17,18). The van der Waals surface area contributed by atoms with Crippen molar-refractivity contribution in [3.8, 4) is 5.88 Å². The van der Waals surface area contributed by atoms with Crippen LogP contribution in [0.25, 0.3) is 0 Å². The largest absolute Gasteiger partial charge is 0.493 e. The summed E-state index contributed by atoms with van der Waals surface area (Å²) in [5, 5.41) is 9.79. The molecule has 4 nitrogen and oxygen atoms in total. The van der Waals surface area contributed by atoms with Crippen LogP contribution in [-0.2, 0) is 6.42 Å². The van der Waals surface area contributed by atoms with Crippen LogP contribution in [0.15, 0.2) is 4.79 Å². The van der Waals surface area contributed by atoms with Gasteiger partial charge in [0, 0.05) is 5.92 Å². The summed E-state index contributed by atoms with van der Waals surface area (Å²) in [6.45, 7) is 4.06. The Morgan fingerprint density at radius 1 is 1.39 bits per heavy atom. The summed E-state index contributed by atoms with van der Waals surface area (Å²) in [4.78, 5) is 18.9. The molecule has 100 valence electrons. The lowest BCUT2D eigenvalue weighted by atomic mass is 9.80. The molecule has 2 N–H and O–H groups in total. The Balaban J connectivity index is 2.26. The van der Waals surface area contributed by atoms with Crippen LogP contribution in [-0.4, -0.2) is 15.1 Å². The van der Waals surface area contributed by atoms with Crippen molar-refractivity contribution in [1.29, 1.82) is 0 Å². The van der Waals surface area contributed by atoms with Gasteiger partial charge in [-0.25, -0.2) is 0 Å². The van der Waals surface area contributed by atoms with Gasteiger partial charge in [0.25, 0.3) is 5.56 Å². The van der Waals surface area contributed by atoms with Crippen LogP contribution in [0.3, 0.4) is 0 Å². The first-order valence-corrected chi connectivity index (χ1v) is 6.97. The molecule has 1 saturated carbocycles. The molecular formula is C14H22N2O2. The molecule has 4 heteroatoms. The summed E-state index contributed by atoms with van der Waals surface area (Å²) in [6, 6.07) is 0. The predicted molar refractivity (Wildman–Crippen MR) is 70.9 cm³/mol. The van der Waals surface area contributed by atoms with Gasteiger partial charge >= 0.3 is 0 Å². The second kappa shape index (κ2) is 5.55. The Morgan fingerprint density at radius 3 is 2.78 bits per heavy atom. The van der Waals surface area contributed by atoms with Crippen molar-refractivity contribution in [3.63, 3.8) is 0 Å². The van der Waals surface area contributed by atoms with E-state index >= 15 is 0 Å². The molecule has 0 radical (unpaired) electrons. The van der Waals surface area contributed by atoms with Gasteiger partial charge in [-0.05, 0) is 25.2 Å². The Kier molecular flexibility index (Phi) is 4.04. The first kappa shape index (κ1) is 13.1. The van der Waals surface area contributed by atoms with Crippen LogP contribution >= 0.6 is 0 Å². The quantitative estimate of drug-likeness (QED) is 0.866. The van der Waals surface area contributed by atoms with Crippen molar-refractivity contribution < 1.29 is 5.11 Å². The van der Waals surface area contributed by atoms with Crippen molar-refractivity contribution in [2.75, 3.05) is 0 Å². The number of hydrogen-bond donors (Lipinski definition) is 2. The molecule has 0 amide bonds. The second-order valence-corrected chi connectivity index (χ2v) is 5.24. The van der Waals surface area contributed by atoms with Crippen molar-refractivity contribution in [3.05, 3.63) is 21.7 Å². The molecule has 1 aromatic rings. The van der Waals surface area contributed by atoms with E-state index in [1.165, 1.54) is 19.3 Å². The monoisotopic (exact) mass is 250 g/mol. The Morgan fingerprint density at radius 2 is 2.17 bits per heavy atom. The van der Waals surface area contributed by atoms with E-state index in [4.69, 9.17) is 0 Å². The minimum atomic E-state index is -0.182. The summed E-state index contributed by atoms with van der Waals surface area (Å²) in [7, 11) is 0. The van der Waals surface area contributed by atoms with Crippen LogP contribution in [0, 0.1) is 5.92 Å². The maximum absolute atomic E-state index is 11.8. The first-order valence-electron chi connectivity index (χ1n) is 6.97. The van der Waals surface area contributed by atoms with Gasteiger partial charge in [-0.3, -0.25) is 4.79 Å². The third-order valence-electron chi connectivity index (χ3n) is 4.11. The lowest BCUT2D eigenvalue weighted by Gasteiger charge is -2.27. The molecule has 1 fully saturated rings. The number of nitrogens with one attached hydrogen (secondary N) is 1. The minimum absolute atomic E-state index is 0.0881. The number of H-pyrrole nitrogens is 1. The van der Waals surface area contributed by atoms with E-state index in [0.29, 0.717) is 23.7 Å². The zero-order chi connectivity index (χ0) is 13.1. The number of nitrogens with zero attached hydrogens (tertiary/aromatic N) is 1. The molecule has 1 aliphatic carbocycles. The second-order valence-electron chi connectivity index (χ2n) is 5.24. The highest BCUT2D eigenvalue weighted by atomic mass is 16.3. The average Bonchev–Trinajstić information content (AvgIpc) is 2.38. The van der Waals surface area contributed by atoms with Gasteiger partial charge in [0.2, 0.25) is 5.88 Å². The van der Waals surface area contributed by atoms with Crippen molar-refractivity contribution in [2.45, 2.75) is 58.3 Å². The fourth-order valence-electron chi connectivity index (χ4n) is 2.92. The summed E-state index contributed by atoms with van der Waals surface area (Å²) in [5.41, 5.74) is 0.209. The number of aromatic amines is 1. The van der Waals surface area contributed by atoms with Gasteiger partial charge in [0.15, 0.2) is 0 Å². The van der Waals surface area contributed by atoms with Crippen molar-refractivity contribution in [2.24, 2.45) is 5.92 Å². The highest BCUT2D eigenvalue weighted by molar-refractivity contribution is 5.23. The van der Waals surface area contributed by atoms with Gasteiger partial charge in [-0.15, -0.1) is 0 Å². The average molecular weight is 250 g/mol. The third kappa shape index (κ3) is 2.57. The van der Waals surface area contributed by atoms with E-state index < -0.39 is 0 Å². The van der Waals surface area contributed by atoms with E-state index in [0.717, 1.165) is 18.8 Å². The maximum Gasteiger partial charge on any atom is 0.257 e. The molecule has 0 spiro atoms. The minimum Gasteiger partial charge on any atom is -0.493 e. The van der Waals surface area contributed by atoms with Gasteiger partial charge < -0.3 is 10.1 Å². The van der Waals surface area contributed by atoms with Crippen LogP contribution in [0.5, 0.6) is 5.88 Å². The lowest BCUT2D eigenvalue weighted by Crippen LogP contribution is -2.21. The third-order valence-corrected chi connectivity index (χ3v) is 4.11. The Labute approximate surface area is 107 Å². The van der Waals surface area contributed by atoms with Crippen molar-refractivity contribution in [1.82, 2.24) is 9.97 Å². The summed E-state index contributed by atoms with van der Waals surface area (Å²) < 4.78 is 0. The van der Waals surface area contributed by atoms with Crippen LogP contribution in [0.4, 0.5) is 0 Å². The molecule has 2 atom stereocenters. The zero-order valence-electron chi connectivity index (χ0n) is 11.2. The molecule has 0 saturated heterocycles. The maximum atomic E-state index is 11.8. The van der Waals surface area contributed by atoms with E-state index in [1.807, 2.05) is 6.92 Å². The lowest BCUT2D eigenvalue weighted by molar-refractivity contribution is 0.304. The molecule has 1 aromatic heterocycles. The fourth-order valence-corrected chi connectivity index (χ4v) is 2.92. The van der Waals surface area contributed by atoms with Crippen molar-refractivity contribution >= 4 is 0 Å². The van der Waals surface area contributed by atoms with E-state index in [9.17, 15) is 9.90 Å². The summed E-state index contributed by atoms with van der Waals surface area (Å²) in [6.07, 6.45) is 6.28. The summed E-state index contributed by atoms with van der Waals surface area (Å²) in [5.74, 6) is 1.61. The molecule has 2 rings (SSSR count). The molecule has 0 aromatic carbocycles. The van der Waals surface area contributed by atoms with E-state index in [1.54, 1.807) is 0 Å². The predicted octanol–water partition coefficient (Wildman–Crippen LogP) is 2.72. The number of hydrogen-bond acceptors (Lipinski definition) is 3. The zero-order valence-corrected chi connectivity index (χ0v) is 11.2. The molecule has 0 bridgehead atoms. The molecule has 1 heterocycles. The Bertz CT molecular complexity index is 467.